The summed E-state index contributed by atoms with van der Waals surface area (Å²) in [5.74, 6) is -2.66. The molecule has 0 unspecified atom stereocenters. The minimum atomic E-state index is -1.82. The number of aliphatic carboxylic acids is 2. The number of carbonyl (C=O) groups is 2. The molecule has 0 aromatic heterocycles. The molecule has 0 bridgehead atoms. The maximum Gasteiger partial charge on any atom is 0.414 e. The summed E-state index contributed by atoms with van der Waals surface area (Å²) < 4.78 is 10.4. The molecule has 2 rings (SSSR count). The third-order valence-corrected chi connectivity index (χ3v) is 4.17. The normalized spacial score (nSPS) is 14.5. The van der Waals surface area contributed by atoms with E-state index >= 15 is 0 Å². The van der Waals surface area contributed by atoms with Crippen LogP contribution in [0.25, 0.3) is 0 Å². The molecule has 0 spiro atoms. The van der Waals surface area contributed by atoms with Crippen molar-refractivity contribution in [2.24, 2.45) is 0 Å². The summed E-state index contributed by atoms with van der Waals surface area (Å²) in [6.45, 7) is 0.775. The minimum absolute atomic E-state index is 0.0632. The fourth-order valence-electron chi connectivity index (χ4n) is 2.80. The number of hydrogen-bond acceptors (Lipinski definition) is 6. The van der Waals surface area contributed by atoms with E-state index in [0.717, 1.165) is 12.1 Å². The fourth-order valence-corrected chi connectivity index (χ4v) is 2.80. The lowest BCUT2D eigenvalue weighted by Gasteiger charge is -2.17. The minimum Gasteiger partial charge on any atom is -0.502 e. The Morgan fingerprint density at radius 3 is 1.85 bits per heavy atom. The molecule has 1 saturated carbocycles. The monoisotopic (exact) mass is 369 g/mol. The third-order valence-electron chi connectivity index (χ3n) is 4.17. The highest BCUT2D eigenvalue weighted by atomic mass is 16.5. The van der Waals surface area contributed by atoms with Gasteiger partial charge in [0.2, 0.25) is 5.75 Å². The second kappa shape index (κ2) is 11.2. The van der Waals surface area contributed by atoms with Gasteiger partial charge in [-0.3, -0.25) is 0 Å². The maximum absolute atomic E-state index is 9.90. The maximum atomic E-state index is 9.90. The van der Waals surface area contributed by atoms with Gasteiger partial charge in [0.25, 0.3) is 0 Å². The van der Waals surface area contributed by atoms with Gasteiger partial charge in [-0.2, -0.15) is 0 Å². The smallest absolute Gasteiger partial charge is 0.414 e. The lowest BCUT2D eigenvalue weighted by atomic mass is 10.1. The molecule has 0 heterocycles. The number of ether oxygens (including phenoxy) is 2. The zero-order valence-electron chi connectivity index (χ0n) is 15.2. The van der Waals surface area contributed by atoms with E-state index < -0.39 is 11.9 Å². The lowest BCUT2D eigenvalue weighted by molar-refractivity contribution is -0.159. The summed E-state index contributed by atoms with van der Waals surface area (Å²) >= 11 is 0. The number of carboxylic acids is 2. The number of benzene rings is 1. The zero-order valence-corrected chi connectivity index (χ0v) is 15.2. The molecule has 4 N–H and O–H groups in total. The van der Waals surface area contributed by atoms with E-state index in [1.165, 1.54) is 38.5 Å². The zero-order chi connectivity index (χ0) is 19.5. The van der Waals surface area contributed by atoms with E-state index in [9.17, 15) is 5.11 Å². The van der Waals surface area contributed by atoms with Crippen LogP contribution in [0.15, 0.2) is 12.1 Å². The number of phenols is 1. The Morgan fingerprint density at radius 2 is 1.46 bits per heavy atom. The fraction of sp³-hybridized carbons (Fsp3) is 0.556. The van der Waals surface area contributed by atoms with E-state index in [1.54, 1.807) is 14.2 Å². The molecule has 26 heavy (non-hydrogen) atoms. The molecular formula is C18H27NO7. The average Bonchev–Trinajstić information content (AvgIpc) is 2.90. The van der Waals surface area contributed by atoms with Crippen LogP contribution in [-0.4, -0.2) is 47.5 Å². The molecule has 1 aliphatic rings. The Kier molecular flexibility index (Phi) is 9.29. The largest absolute Gasteiger partial charge is 0.502 e. The van der Waals surface area contributed by atoms with Gasteiger partial charge in [0, 0.05) is 12.6 Å². The van der Waals surface area contributed by atoms with Gasteiger partial charge in [0.1, 0.15) is 0 Å². The molecule has 8 nitrogen and oxygen atoms in total. The van der Waals surface area contributed by atoms with Gasteiger partial charge < -0.3 is 30.1 Å². The molecule has 0 saturated heterocycles. The van der Waals surface area contributed by atoms with Crippen LogP contribution in [0.2, 0.25) is 0 Å². The van der Waals surface area contributed by atoms with Crippen LogP contribution < -0.4 is 14.8 Å². The highest BCUT2D eigenvalue weighted by Crippen LogP contribution is 2.37. The first-order chi connectivity index (χ1) is 12.4. The predicted octanol–water partition coefficient (Wildman–Crippen LogP) is 2.38. The number of phenolic OH excluding ortho intramolecular Hbond substituents is 1. The van der Waals surface area contributed by atoms with Crippen molar-refractivity contribution in [2.75, 3.05) is 14.2 Å². The van der Waals surface area contributed by atoms with Gasteiger partial charge in [0.05, 0.1) is 14.2 Å². The summed E-state index contributed by atoms with van der Waals surface area (Å²) in [6, 6.07) is 4.33. The number of rotatable bonds is 5. The topological polar surface area (TPSA) is 125 Å². The number of nitrogens with one attached hydrogen (secondary N) is 1. The SMILES string of the molecule is COc1cc(CNC2CCCCCC2)cc(OC)c1O.O=C(O)C(=O)O. The van der Waals surface area contributed by atoms with Crippen LogP contribution in [0, 0.1) is 0 Å². The Bertz CT molecular complexity index is 558. The van der Waals surface area contributed by atoms with Crippen LogP contribution in [0.3, 0.4) is 0 Å². The van der Waals surface area contributed by atoms with Gasteiger partial charge in [-0.25, -0.2) is 9.59 Å². The van der Waals surface area contributed by atoms with Crippen molar-refractivity contribution in [3.63, 3.8) is 0 Å². The predicted molar refractivity (Wildman–Crippen MR) is 94.8 cm³/mol. The van der Waals surface area contributed by atoms with E-state index in [1.807, 2.05) is 12.1 Å². The van der Waals surface area contributed by atoms with Gasteiger partial charge in [-0.05, 0) is 30.5 Å². The molecule has 1 aromatic rings. The molecule has 146 valence electrons. The molecule has 0 aliphatic heterocycles. The Morgan fingerprint density at radius 1 is 1.00 bits per heavy atom. The molecule has 1 fully saturated rings. The second-order valence-corrected chi connectivity index (χ2v) is 6.03. The molecule has 1 aliphatic carbocycles. The van der Waals surface area contributed by atoms with Crippen molar-refractivity contribution in [3.05, 3.63) is 17.7 Å². The average molecular weight is 369 g/mol. The van der Waals surface area contributed by atoms with Crippen LogP contribution >= 0.6 is 0 Å². The molecule has 0 amide bonds. The van der Waals surface area contributed by atoms with Crippen LogP contribution in [-0.2, 0) is 16.1 Å². The van der Waals surface area contributed by atoms with Gasteiger partial charge in [-0.1, -0.05) is 25.7 Å². The van der Waals surface area contributed by atoms with Crippen molar-refractivity contribution in [3.8, 4) is 17.2 Å². The van der Waals surface area contributed by atoms with E-state index in [-0.39, 0.29) is 5.75 Å². The molecule has 1 aromatic carbocycles. The molecular weight excluding hydrogens is 342 g/mol. The Hall–Kier alpha value is -2.48. The first-order valence-corrected chi connectivity index (χ1v) is 8.52. The van der Waals surface area contributed by atoms with Crippen molar-refractivity contribution < 1.29 is 34.4 Å². The van der Waals surface area contributed by atoms with Gasteiger partial charge in [-0.15, -0.1) is 0 Å². The van der Waals surface area contributed by atoms with Gasteiger partial charge in [0.15, 0.2) is 11.5 Å². The summed E-state index contributed by atoms with van der Waals surface area (Å²) in [5.41, 5.74) is 1.07. The summed E-state index contributed by atoms with van der Waals surface area (Å²) in [7, 11) is 3.11. The molecule has 8 heteroatoms. The summed E-state index contributed by atoms with van der Waals surface area (Å²) in [5, 5.41) is 28.3. The van der Waals surface area contributed by atoms with Crippen molar-refractivity contribution in [1.29, 1.82) is 0 Å². The van der Waals surface area contributed by atoms with E-state index in [4.69, 9.17) is 29.3 Å². The van der Waals surface area contributed by atoms with Gasteiger partial charge >= 0.3 is 11.9 Å². The summed E-state index contributed by atoms with van der Waals surface area (Å²) in [6.07, 6.45) is 7.87. The third kappa shape index (κ3) is 7.18. The first-order valence-electron chi connectivity index (χ1n) is 8.52. The molecule has 0 radical (unpaired) electrons. The quantitative estimate of drug-likeness (QED) is 0.460. The van der Waals surface area contributed by atoms with Crippen LogP contribution in [0.1, 0.15) is 44.1 Å². The van der Waals surface area contributed by atoms with Crippen molar-refractivity contribution in [2.45, 2.75) is 51.1 Å². The first kappa shape index (κ1) is 21.6. The Balaban J connectivity index is 0.000000487. The number of carboxylic acid groups (broad SMARTS) is 2. The Labute approximate surface area is 152 Å². The van der Waals surface area contributed by atoms with Crippen LogP contribution in [0.5, 0.6) is 17.2 Å². The summed E-state index contributed by atoms with van der Waals surface area (Å²) in [4.78, 5) is 18.2. The van der Waals surface area contributed by atoms with E-state index in [0.29, 0.717) is 17.5 Å². The van der Waals surface area contributed by atoms with Crippen molar-refractivity contribution >= 4 is 11.9 Å². The van der Waals surface area contributed by atoms with Crippen LogP contribution in [0.4, 0.5) is 0 Å². The number of methoxy groups -OCH3 is 2. The second-order valence-electron chi connectivity index (χ2n) is 6.03. The highest BCUT2D eigenvalue weighted by Gasteiger charge is 2.14. The van der Waals surface area contributed by atoms with Crippen molar-refractivity contribution in [1.82, 2.24) is 5.32 Å². The van der Waals surface area contributed by atoms with E-state index in [2.05, 4.69) is 5.32 Å². The number of hydrogen-bond donors (Lipinski definition) is 4. The highest BCUT2D eigenvalue weighted by molar-refractivity contribution is 6.27. The standard InChI is InChI=1S/C16H25NO3.C2H2O4/c1-19-14-9-12(10-15(20-2)16(14)18)11-17-13-7-5-3-4-6-8-13;3-1(4)2(5)6/h9-10,13,17-18H,3-8,11H2,1-2H3;(H,3,4)(H,5,6). The number of aromatic hydroxyl groups is 1. The molecule has 0 atom stereocenters. The lowest BCUT2D eigenvalue weighted by Crippen LogP contribution is -2.27.